The Hall–Kier alpha value is -1.89. The van der Waals surface area contributed by atoms with Gasteiger partial charge in [0.15, 0.2) is 5.78 Å². The summed E-state index contributed by atoms with van der Waals surface area (Å²) in [5.74, 6) is 2.57. The largest absolute Gasteiger partial charge is 0.387 e. The van der Waals surface area contributed by atoms with Gasteiger partial charge in [-0.05, 0) is 111 Å². The molecule has 5 rings (SSSR count). The van der Waals surface area contributed by atoms with Crippen LogP contribution in [0.15, 0.2) is 23.3 Å². The molecular formula is C27H37F2N3O2. The van der Waals surface area contributed by atoms with Crippen molar-refractivity contribution < 1.29 is 18.7 Å². The molecule has 0 unspecified atom stereocenters. The number of halogens is 2. The van der Waals surface area contributed by atoms with Crippen LogP contribution in [0.5, 0.6) is 0 Å². The van der Waals surface area contributed by atoms with Crippen molar-refractivity contribution in [2.45, 2.75) is 70.3 Å². The lowest BCUT2D eigenvalue weighted by Gasteiger charge is -2.57. The average Bonchev–Trinajstić information content (AvgIpc) is 3.19. The second kappa shape index (κ2) is 8.96. The van der Waals surface area contributed by atoms with Crippen LogP contribution in [0, 0.1) is 52.3 Å². The fourth-order valence-electron chi connectivity index (χ4n) is 8.67. The Morgan fingerprint density at radius 1 is 1.15 bits per heavy atom. The molecule has 4 aliphatic carbocycles. The summed E-state index contributed by atoms with van der Waals surface area (Å²) >= 11 is 0. The van der Waals surface area contributed by atoms with Crippen LogP contribution in [0.4, 0.5) is 20.2 Å². The van der Waals surface area contributed by atoms with Crippen molar-refractivity contribution in [3.05, 3.63) is 24.0 Å². The predicted octanol–water partition coefficient (Wildman–Crippen LogP) is 6.44. The SMILES string of the molecule is C[C@]12CC[C@H]3[C@@H](CC[C@@H]4C[C@@](O)(CF)CC[C@@H]43)[C@@H]1CC[C@@H]2C(=O)CNc1cc(F)ccc1N=N. The van der Waals surface area contributed by atoms with Gasteiger partial charge in [0, 0.05) is 5.92 Å². The number of aliphatic hydroxyl groups is 1. The van der Waals surface area contributed by atoms with Gasteiger partial charge in [0.2, 0.25) is 0 Å². The maximum Gasteiger partial charge on any atom is 0.155 e. The molecule has 5 nitrogen and oxygen atoms in total. The molecule has 186 valence electrons. The van der Waals surface area contributed by atoms with Crippen molar-refractivity contribution in [2.75, 3.05) is 18.5 Å². The number of carbonyl (C=O) groups excluding carboxylic acids is 1. The number of Topliss-reactive ketones (excluding diaryl/α,β-unsaturated/α-hetero) is 1. The van der Waals surface area contributed by atoms with Gasteiger partial charge in [-0.1, -0.05) is 6.92 Å². The third kappa shape index (κ3) is 3.98. The van der Waals surface area contributed by atoms with Gasteiger partial charge in [-0.25, -0.2) is 14.3 Å². The normalized spacial score (nSPS) is 41.2. The van der Waals surface area contributed by atoms with Crippen LogP contribution in [-0.2, 0) is 4.79 Å². The highest BCUT2D eigenvalue weighted by molar-refractivity contribution is 5.87. The molecule has 1 aromatic carbocycles. The van der Waals surface area contributed by atoms with Crippen LogP contribution in [0.25, 0.3) is 0 Å². The number of nitrogens with zero attached hydrogens (tertiary/aromatic N) is 1. The van der Waals surface area contributed by atoms with E-state index in [0.717, 1.165) is 44.9 Å². The van der Waals surface area contributed by atoms with E-state index in [1.165, 1.54) is 18.2 Å². The van der Waals surface area contributed by atoms with E-state index >= 15 is 0 Å². The molecule has 0 bridgehead atoms. The summed E-state index contributed by atoms with van der Waals surface area (Å²) in [6, 6.07) is 4.00. The molecule has 8 atom stereocenters. The molecule has 0 saturated heterocycles. The fraction of sp³-hybridized carbons (Fsp3) is 0.741. The molecule has 4 saturated carbocycles. The Balaban J connectivity index is 1.26. The molecule has 4 fully saturated rings. The van der Waals surface area contributed by atoms with Crippen LogP contribution < -0.4 is 5.32 Å². The van der Waals surface area contributed by atoms with E-state index < -0.39 is 18.1 Å². The first-order valence-electron chi connectivity index (χ1n) is 13.0. The summed E-state index contributed by atoms with van der Waals surface area (Å²) in [7, 11) is 0. The maximum atomic E-state index is 13.7. The summed E-state index contributed by atoms with van der Waals surface area (Å²) in [6.45, 7) is 1.81. The van der Waals surface area contributed by atoms with E-state index in [9.17, 15) is 18.7 Å². The Labute approximate surface area is 200 Å². The first-order chi connectivity index (χ1) is 16.3. The summed E-state index contributed by atoms with van der Waals surface area (Å²) in [5.41, 5.74) is 6.89. The highest BCUT2D eigenvalue weighted by Crippen LogP contribution is 2.64. The minimum Gasteiger partial charge on any atom is -0.387 e. The van der Waals surface area contributed by atoms with Gasteiger partial charge in [-0.15, -0.1) is 0 Å². The molecule has 34 heavy (non-hydrogen) atoms. The number of carbonyl (C=O) groups is 1. The Kier molecular flexibility index (Phi) is 6.28. The quantitative estimate of drug-likeness (QED) is 0.416. The van der Waals surface area contributed by atoms with Crippen molar-refractivity contribution in [1.29, 1.82) is 5.53 Å². The summed E-state index contributed by atoms with van der Waals surface area (Å²) < 4.78 is 27.1. The van der Waals surface area contributed by atoms with E-state index in [1.54, 1.807) is 0 Å². The van der Waals surface area contributed by atoms with Crippen molar-refractivity contribution in [3.8, 4) is 0 Å². The second-order valence-corrected chi connectivity index (χ2v) is 11.8. The molecule has 3 N–H and O–H groups in total. The molecule has 1 aromatic rings. The molecule has 7 heteroatoms. The third-order valence-electron chi connectivity index (χ3n) is 10.3. The van der Waals surface area contributed by atoms with Gasteiger partial charge in [-0.3, -0.25) is 4.79 Å². The van der Waals surface area contributed by atoms with Crippen LogP contribution >= 0.6 is 0 Å². The van der Waals surface area contributed by atoms with Gasteiger partial charge in [0.25, 0.3) is 0 Å². The summed E-state index contributed by atoms with van der Waals surface area (Å²) in [5, 5.41) is 17.0. The number of fused-ring (bicyclic) bond motifs is 5. The number of anilines is 1. The average molecular weight is 474 g/mol. The Morgan fingerprint density at radius 3 is 2.71 bits per heavy atom. The zero-order chi connectivity index (χ0) is 24.1. The molecule has 0 aromatic heterocycles. The standard InChI is InChI=1S/C27H37F2N3O2/c1-26-10-8-19-18-9-11-27(34,15-28)13-16(18)2-4-20(19)21(26)5-6-22(26)25(33)14-31-24-12-17(29)3-7-23(24)32-30/h3,7,12,16,18-22,30-31,34H,2,4-6,8-11,13-15H2,1H3/t16-,18+,19-,20-,21+,22-,26+,27-/m1/s1. The number of alkyl halides is 1. The second-order valence-electron chi connectivity index (χ2n) is 11.8. The van der Waals surface area contributed by atoms with Gasteiger partial charge in [0.05, 0.1) is 17.8 Å². The topological polar surface area (TPSA) is 85.5 Å². The van der Waals surface area contributed by atoms with E-state index in [4.69, 9.17) is 5.53 Å². The van der Waals surface area contributed by atoms with E-state index in [0.29, 0.717) is 53.8 Å². The first-order valence-corrected chi connectivity index (χ1v) is 13.0. The third-order valence-corrected chi connectivity index (χ3v) is 10.3. The molecule has 0 radical (unpaired) electrons. The predicted molar refractivity (Wildman–Crippen MR) is 126 cm³/mol. The number of ketones is 1. The van der Waals surface area contributed by atoms with Crippen LogP contribution in [-0.4, -0.2) is 29.7 Å². The molecule has 0 heterocycles. The number of hydrogen-bond acceptors (Lipinski definition) is 5. The van der Waals surface area contributed by atoms with Gasteiger partial charge in [-0.2, -0.15) is 5.11 Å². The molecular weight excluding hydrogens is 436 g/mol. The molecule has 0 amide bonds. The van der Waals surface area contributed by atoms with Crippen LogP contribution in [0.2, 0.25) is 0 Å². The van der Waals surface area contributed by atoms with Crippen molar-refractivity contribution in [3.63, 3.8) is 0 Å². The van der Waals surface area contributed by atoms with Gasteiger partial charge >= 0.3 is 0 Å². The van der Waals surface area contributed by atoms with Crippen molar-refractivity contribution in [2.24, 2.45) is 46.0 Å². The molecule has 0 spiro atoms. The zero-order valence-corrected chi connectivity index (χ0v) is 20.0. The summed E-state index contributed by atoms with van der Waals surface area (Å²) in [4.78, 5) is 13.4. The van der Waals surface area contributed by atoms with Crippen molar-refractivity contribution in [1.82, 2.24) is 0 Å². The minimum absolute atomic E-state index is 0.00314. The van der Waals surface area contributed by atoms with E-state index in [-0.39, 0.29) is 23.7 Å². The molecule has 0 aliphatic heterocycles. The summed E-state index contributed by atoms with van der Waals surface area (Å²) in [6.07, 6.45) is 8.46. The highest BCUT2D eigenvalue weighted by atomic mass is 19.1. The van der Waals surface area contributed by atoms with E-state index in [2.05, 4.69) is 17.4 Å². The smallest absolute Gasteiger partial charge is 0.155 e. The highest BCUT2D eigenvalue weighted by Gasteiger charge is 2.58. The van der Waals surface area contributed by atoms with Crippen LogP contribution in [0.1, 0.15) is 64.7 Å². The molecule has 4 aliphatic rings. The zero-order valence-electron chi connectivity index (χ0n) is 20.0. The Bertz CT molecular complexity index is 958. The number of hydrogen-bond donors (Lipinski definition) is 3. The minimum atomic E-state index is -1.11. The monoisotopic (exact) mass is 473 g/mol. The van der Waals surface area contributed by atoms with Crippen molar-refractivity contribution >= 4 is 17.2 Å². The number of nitrogens with one attached hydrogen (secondary N) is 2. The van der Waals surface area contributed by atoms with Gasteiger partial charge in [0.1, 0.15) is 18.2 Å². The van der Waals surface area contributed by atoms with Gasteiger partial charge < -0.3 is 10.4 Å². The lowest BCUT2D eigenvalue weighted by molar-refractivity contribution is -0.132. The van der Waals surface area contributed by atoms with Crippen LogP contribution in [0.3, 0.4) is 0 Å². The maximum absolute atomic E-state index is 13.7. The number of rotatable bonds is 6. The first kappa shape index (κ1) is 23.8. The Morgan fingerprint density at radius 2 is 1.94 bits per heavy atom. The lowest BCUT2D eigenvalue weighted by Crippen LogP contribution is -2.52. The van der Waals surface area contributed by atoms with E-state index in [1.807, 2.05) is 0 Å². The fourth-order valence-corrected chi connectivity index (χ4v) is 8.67. The number of benzene rings is 1. The lowest BCUT2D eigenvalue weighted by atomic mass is 9.49.